The molecule has 0 heterocycles. The Morgan fingerprint density at radius 1 is 1.50 bits per heavy atom. The van der Waals surface area contributed by atoms with Gasteiger partial charge < -0.3 is 15.9 Å². The van der Waals surface area contributed by atoms with E-state index in [1.165, 1.54) is 6.07 Å². The SMILES string of the molecule is N[C@@H](CO)c1cc(S)ccc1O. The smallest absolute Gasteiger partial charge is 0.120 e. The van der Waals surface area contributed by atoms with Crippen LogP contribution in [-0.2, 0) is 0 Å². The predicted octanol–water partition coefficient (Wildman–Crippen LogP) is 0.673. The van der Waals surface area contributed by atoms with E-state index in [0.717, 1.165) is 0 Å². The van der Waals surface area contributed by atoms with Crippen molar-refractivity contribution in [3.63, 3.8) is 0 Å². The summed E-state index contributed by atoms with van der Waals surface area (Å²) in [6, 6.07) is 4.26. The van der Waals surface area contributed by atoms with Gasteiger partial charge in [-0.1, -0.05) is 0 Å². The van der Waals surface area contributed by atoms with Gasteiger partial charge in [0.05, 0.1) is 12.6 Å². The summed E-state index contributed by atoms with van der Waals surface area (Å²) in [6.45, 7) is -0.190. The number of hydrogen-bond donors (Lipinski definition) is 4. The van der Waals surface area contributed by atoms with Crippen molar-refractivity contribution >= 4 is 12.6 Å². The molecule has 0 spiro atoms. The van der Waals surface area contributed by atoms with E-state index in [-0.39, 0.29) is 12.4 Å². The Labute approximate surface area is 76.2 Å². The van der Waals surface area contributed by atoms with E-state index in [0.29, 0.717) is 10.5 Å². The van der Waals surface area contributed by atoms with Gasteiger partial charge in [0.15, 0.2) is 0 Å². The van der Waals surface area contributed by atoms with E-state index < -0.39 is 6.04 Å². The summed E-state index contributed by atoms with van der Waals surface area (Å²) < 4.78 is 0. The third kappa shape index (κ3) is 1.91. The Hall–Kier alpha value is -0.710. The Morgan fingerprint density at radius 2 is 2.17 bits per heavy atom. The Morgan fingerprint density at radius 3 is 2.75 bits per heavy atom. The molecule has 0 aromatic heterocycles. The highest BCUT2D eigenvalue weighted by molar-refractivity contribution is 7.80. The average Bonchev–Trinajstić information content (AvgIpc) is 2.08. The predicted molar refractivity (Wildman–Crippen MR) is 49.4 cm³/mol. The largest absolute Gasteiger partial charge is 0.508 e. The first-order valence-corrected chi connectivity index (χ1v) is 3.98. The van der Waals surface area contributed by atoms with Crippen LogP contribution in [0, 0.1) is 0 Å². The summed E-state index contributed by atoms with van der Waals surface area (Å²) in [5.41, 5.74) is 6.04. The van der Waals surface area contributed by atoms with Crippen molar-refractivity contribution in [3.8, 4) is 5.75 Å². The van der Waals surface area contributed by atoms with Gasteiger partial charge in [0.1, 0.15) is 5.75 Å². The third-order valence-electron chi connectivity index (χ3n) is 1.61. The van der Waals surface area contributed by atoms with Gasteiger partial charge in [-0.15, -0.1) is 12.6 Å². The molecule has 0 unspecified atom stereocenters. The molecule has 1 rings (SSSR count). The number of aromatic hydroxyl groups is 1. The molecule has 12 heavy (non-hydrogen) atoms. The Kier molecular flexibility index (Phi) is 2.97. The van der Waals surface area contributed by atoms with Crippen LogP contribution in [0.4, 0.5) is 0 Å². The summed E-state index contributed by atoms with van der Waals surface area (Å²) in [6.07, 6.45) is 0. The van der Waals surface area contributed by atoms with Crippen LogP contribution in [0.2, 0.25) is 0 Å². The monoisotopic (exact) mass is 185 g/mol. The van der Waals surface area contributed by atoms with Gasteiger partial charge in [0, 0.05) is 10.5 Å². The molecule has 0 bridgehead atoms. The molecule has 0 aliphatic carbocycles. The van der Waals surface area contributed by atoms with Crippen molar-refractivity contribution in [1.29, 1.82) is 0 Å². The molecule has 1 aromatic rings. The van der Waals surface area contributed by atoms with E-state index in [9.17, 15) is 5.11 Å². The third-order valence-corrected chi connectivity index (χ3v) is 1.89. The van der Waals surface area contributed by atoms with Crippen molar-refractivity contribution in [2.24, 2.45) is 5.73 Å². The fraction of sp³-hybridized carbons (Fsp3) is 0.250. The number of phenols is 1. The molecule has 1 aromatic carbocycles. The molecule has 0 saturated carbocycles. The fourth-order valence-electron chi connectivity index (χ4n) is 0.937. The van der Waals surface area contributed by atoms with Crippen LogP contribution in [0.15, 0.2) is 23.1 Å². The minimum Gasteiger partial charge on any atom is -0.508 e. The lowest BCUT2D eigenvalue weighted by Crippen LogP contribution is -2.14. The second-order valence-electron chi connectivity index (χ2n) is 2.53. The summed E-state index contributed by atoms with van der Waals surface area (Å²) in [5, 5.41) is 18.1. The van der Waals surface area contributed by atoms with Gasteiger partial charge in [-0.3, -0.25) is 0 Å². The quantitative estimate of drug-likeness (QED) is 0.512. The van der Waals surface area contributed by atoms with Crippen LogP contribution in [0.3, 0.4) is 0 Å². The number of thiol groups is 1. The van der Waals surface area contributed by atoms with E-state index in [1.54, 1.807) is 12.1 Å². The fourth-order valence-corrected chi connectivity index (χ4v) is 1.15. The van der Waals surface area contributed by atoms with Crippen LogP contribution in [0.5, 0.6) is 5.75 Å². The van der Waals surface area contributed by atoms with Crippen LogP contribution >= 0.6 is 12.6 Å². The molecule has 0 amide bonds. The van der Waals surface area contributed by atoms with Crippen molar-refractivity contribution in [2.75, 3.05) is 6.61 Å². The summed E-state index contributed by atoms with van der Waals surface area (Å²) in [5.74, 6) is 0.0920. The van der Waals surface area contributed by atoms with Gasteiger partial charge in [-0.05, 0) is 18.2 Å². The van der Waals surface area contributed by atoms with Crippen LogP contribution in [-0.4, -0.2) is 16.8 Å². The first-order valence-electron chi connectivity index (χ1n) is 3.53. The van der Waals surface area contributed by atoms with Gasteiger partial charge in [0.2, 0.25) is 0 Å². The van der Waals surface area contributed by atoms with Gasteiger partial charge >= 0.3 is 0 Å². The van der Waals surface area contributed by atoms with Crippen molar-refractivity contribution in [1.82, 2.24) is 0 Å². The topological polar surface area (TPSA) is 66.5 Å². The minimum atomic E-state index is -0.544. The zero-order valence-corrected chi connectivity index (χ0v) is 7.33. The molecule has 0 aliphatic heterocycles. The first-order chi connectivity index (χ1) is 5.65. The zero-order valence-electron chi connectivity index (χ0n) is 6.44. The number of hydrogen-bond acceptors (Lipinski definition) is 4. The summed E-state index contributed by atoms with van der Waals surface area (Å²) in [4.78, 5) is 0.715. The van der Waals surface area contributed by atoms with Crippen LogP contribution < -0.4 is 5.73 Å². The van der Waals surface area contributed by atoms with Crippen LogP contribution in [0.25, 0.3) is 0 Å². The minimum absolute atomic E-state index is 0.0920. The zero-order chi connectivity index (χ0) is 9.14. The number of nitrogens with two attached hydrogens (primary N) is 1. The van der Waals surface area contributed by atoms with Gasteiger partial charge in [-0.25, -0.2) is 0 Å². The van der Waals surface area contributed by atoms with Gasteiger partial charge in [-0.2, -0.15) is 0 Å². The Bertz CT molecular complexity index is 278. The lowest BCUT2D eigenvalue weighted by atomic mass is 10.1. The molecule has 1 atom stereocenters. The van der Waals surface area contributed by atoms with Crippen molar-refractivity contribution < 1.29 is 10.2 Å². The highest BCUT2D eigenvalue weighted by Gasteiger charge is 2.09. The van der Waals surface area contributed by atoms with Gasteiger partial charge in [0.25, 0.3) is 0 Å². The highest BCUT2D eigenvalue weighted by atomic mass is 32.1. The number of aliphatic hydroxyl groups is 1. The maximum Gasteiger partial charge on any atom is 0.120 e. The lowest BCUT2D eigenvalue weighted by molar-refractivity contribution is 0.265. The highest BCUT2D eigenvalue weighted by Crippen LogP contribution is 2.24. The maximum absolute atomic E-state index is 9.31. The number of phenolic OH excluding ortho intramolecular Hbond substituents is 1. The van der Waals surface area contributed by atoms with Crippen molar-refractivity contribution in [3.05, 3.63) is 23.8 Å². The van der Waals surface area contributed by atoms with E-state index >= 15 is 0 Å². The number of rotatable bonds is 2. The second kappa shape index (κ2) is 3.80. The molecule has 4 heteroatoms. The molecular weight excluding hydrogens is 174 g/mol. The number of aliphatic hydroxyl groups excluding tert-OH is 1. The van der Waals surface area contributed by atoms with E-state index in [1.807, 2.05) is 0 Å². The average molecular weight is 185 g/mol. The number of benzene rings is 1. The molecule has 0 radical (unpaired) electrons. The summed E-state index contributed by atoms with van der Waals surface area (Å²) >= 11 is 4.09. The maximum atomic E-state index is 9.31. The molecule has 3 nitrogen and oxygen atoms in total. The van der Waals surface area contributed by atoms with Crippen LogP contribution in [0.1, 0.15) is 11.6 Å². The molecule has 66 valence electrons. The molecule has 4 N–H and O–H groups in total. The van der Waals surface area contributed by atoms with E-state index in [2.05, 4.69) is 12.6 Å². The van der Waals surface area contributed by atoms with E-state index in [4.69, 9.17) is 10.8 Å². The lowest BCUT2D eigenvalue weighted by Gasteiger charge is -2.10. The molecule has 0 aliphatic rings. The van der Waals surface area contributed by atoms with Crippen molar-refractivity contribution in [2.45, 2.75) is 10.9 Å². The Balaban J connectivity index is 3.04. The molecular formula is C8H11NO2S. The standard InChI is InChI=1S/C8H11NO2S/c9-7(4-10)6-3-5(12)1-2-8(6)11/h1-3,7,10-12H,4,9H2/t7-/m0/s1. The summed E-state index contributed by atoms with van der Waals surface area (Å²) in [7, 11) is 0. The first kappa shape index (κ1) is 9.38. The molecule has 0 fully saturated rings. The normalized spacial score (nSPS) is 12.9. The second-order valence-corrected chi connectivity index (χ2v) is 3.05. The molecule has 0 saturated heterocycles.